The second kappa shape index (κ2) is 12.3. The van der Waals surface area contributed by atoms with E-state index in [-0.39, 0.29) is 15.0 Å². The van der Waals surface area contributed by atoms with Gasteiger partial charge >= 0.3 is 217 Å². The first-order valence-electron chi connectivity index (χ1n) is 13.4. The zero-order valence-electron chi connectivity index (χ0n) is 23.3. The Kier molecular flexibility index (Phi) is 8.35. The molecule has 0 aliphatic rings. The molecule has 6 rings (SSSR count). The fourth-order valence-corrected chi connectivity index (χ4v) is 5.74. The topological polar surface area (TPSA) is 43.6 Å². The smallest absolute Gasteiger partial charge is 0.0683 e. The van der Waals surface area contributed by atoms with Crippen molar-refractivity contribution < 1.29 is 0 Å². The van der Waals surface area contributed by atoms with Gasteiger partial charge in [-0.15, -0.1) is 0 Å². The van der Waals surface area contributed by atoms with Crippen molar-refractivity contribution in [2.24, 2.45) is 0 Å². The van der Waals surface area contributed by atoms with Gasteiger partial charge < -0.3 is 0 Å². The van der Waals surface area contributed by atoms with Crippen LogP contribution in [0.1, 0.15) is 25.1 Å². The fraction of sp³-hybridized carbons (Fsp3) is 0.114. The third-order valence-corrected chi connectivity index (χ3v) is 8.14. The average molecular weight is 588 g/mol. The number of hydrogen-bond acceptors (Lipinski definition) is 3. The van der Waals surface area contributed by atoms with Crippen molar-refractivity contribution in [1.29, 1.82) is 0 Å². The third kappa shape index (κ3) is 5.27. The van der Waals surface area contributed by atoms with Gasteiger partial charge in [-0.05, 0) is 0 Å². The molecule has 0 saturated carbocycles. The van der Waals surface area contributed by atoms with Crippen molar-refractivity contribution in [2.75, 3.05) is 0 Å². The van der Waals surface area contributed by atoms with Crippen molar-refractivity contribution in [3.63, 3.8) is 0 Å². The van der Waals surface area contributed by atoms with E-state index in [0.717, 1.165) is 22.4 Å². The molecule has 2 aromatic heterocycles. The molecule has 0 aliphatic carbocycles. The third-order valence-electron chi connectivity index (χ3n) is 6.70. The molecule has 4 nitrogen and oxygen atoms in total. The Morgan fingerprint density at radius 2 is 1.15 bits per heavy atom. The van der Waals surface area contributed by atoms with Crippen LogP contribution in [0.2, 0.25) is 5.82 Å². The van der Waals surface area contributed by atoms with Crippen LogP contribution in [0.25, 0.3) is 55.2 Å². The van der Waals surface area contributed by atoms with Crippen LogP contribution in [0.15, 0.2) is 116 Å². The Morgan fingerprint density at radius 3 is 1.73 bits per heavy atom. The summed E-state index contributed by atoms with van der Waals surface area (Å²) in [4.78, 5) is 14.7. The standard InChI is InChI=1S/C33H26N4Se.C2H6/c1-22-28-19-10-11-20-29(28)37(30(22)23(2)38-3)27-18-12-17-26(21-27)33-35-31(24-13-6-4-7-14-24)34-32(36-33)25-15-8-5-9-16-25;1-2/h4-21H,2H2,1,3H3;1-2H3. The first-order valence-corrected chi connectivity index (χ1v) is 16.0. The SMILES string of the molecule is C=C([Se]C)c1c(C)c2ccccc2n1-c1cccc(-c2nc(-c3ccccc3)nc(-c3ccccc3)n2)c1.CC. The monoisotopic (exact) mass is 588 g/mol. The molecule has 2 heterocycles. The molecule has 0 fully saturated rings. The van der Waals surface area contributed by atoms with Gasteiger partial charge in [-0.2, -0.15) is 0 Å². The summed E-state index contributed by atoms with van der Waals surface area (Å²) in [7, 11) is 0. The van der Waals surface area contributed by atoms with Gasteiger partial charge in [-0.1, -0.05) is 26.0 Å². The van der Waals surface area contributed by atoms with E-state index in [2.05, 4.69) is 72.4 Å². The molecule has 0 saturated heterocycles. The minimum atomic E-state index is 0.290. The Bertz CT molecular complexity index is 1710. The zero-order chi connectivity index (χ0) is 28.1. The van der Waals surface area contributed by atoms with Gasteiger partial charge in [-0.25, -0.2) is 0 Å². The van der Waals surface area contributed by atoms with E-state index in [1.165, 1.54) is 26.6 Å². The molecule has 6 aromatic rings. The molecule has 4 aromatic carbocycles. The second-order valence-corrected chi connectivity index (χ2v) is 10.9. The minimum Gasteiger partial charge on any atom is -0.0683 e. The number of rotatable bonds is 6. The maximum absolute atomic E-state index is 4.93. The van der Waals surface area contributed by atoms with Gasteiger partial charge in [0, 0.05) is 0 Å². The van der Waals surface area contributed by atoms with Gasteiger partial charge in [0.2, 0.25) is 0 Å². The van der Waals surface area contributed by atoms with Crippen LogP contribution >= 0.6 is 0 Å². The van der Waals surface area contributed by atoms with E-state index in [1.54, 1.807) is 0 Å². The molecule has 0 aliphatic heterocycles. The van der Waals surface area contributed by atoms with Gasteiger partial charge in [0.05, 0.1) is 0 Å². The summed E-state index contributed by atoms with van der Waals surface area (Å²) in [6.45, 7) is 10.6. The van der Waals surface area contributed by atoms with Gasteiger partial charge in [0.25, 0.3) is 0 Å². The summed E-state index contributed by atoms with van der Waals surface area (Å²) in [5.41, 5.74) is 7.55. The van der Waals surface area contributed by atoms with Crippen LogP contribution in [-0.2, 0) is 0 Å². The summed E-state index contributed by atoms with van der Waals surface area (Å²) in [5, 5.41) is 1.25. The van der Waals surface area contributed by atoms with E-state index < -0.39 is 0 Å². The predicted octanol–water partition coefficient (Wildman–Crippen LogP) is 8.87. The Labute approximate surface area is 242 Å². The van der Waals surface area contributed by atoms with Crippen molar-refractivity contribution >= 4 is 30.3 Å². The number of para-hydroxylation sites is 1. The summed E-state index contributed by atoms with van der Waals surface area (Å²) < 4.78 is 3.51. The fourth-order valence-electron chi connectivity index (χ4n) is 4.82. The first kappa shape index (κ1) is 27.3. The summed E-state index contributed by atoms with van der Waals surface area (Å²) in [5.74, 6) is 4.18. The van der Waals surface area contributed by atoms with Crippen LogP contribution in [0.5, 0.6) is 0 Å². The molecule has 0 spiro atoms. The van der Waals surface area contributed by atoms with Crippen LogP contribution in [0, 0.1) is 6.92 Å². The van der Waals surface area contributed by atoms with Gasteiger partial charge in [0.1, 0.15) is 0 Å². The molecule has 198 valence electrons. The predicted molar refractivity (Wildman–Crippen MR) is 170 cm³/mol. The molecule has 0 unspecified atom stereocenters. The van der Waals surface area contributed by atoms with Gasteiger partial charge in [-0.3, -0.25) is 0 Å². The Balaban J connectivity index is 0.00000158. The number of hydrogen-bond donors (Lipinski definition) is 0. The number of fused-ring (bicyclic) bond motifs is 1. The molecule has 0 bridgehead atoms. The van der Waals surface area contributed by atoms with Crippen LogP contribution in [0.3, 0.4) is 0 Å². The second-order valence-electron chi connectivity index (χ2n) is 9.04. The molecule has 0 radical (unpaired) electrons. The molecular weight excluding hydrogens is 555 g/mol. The van der Waals surface area contributed by atoms with E-state index >= 15 is 0 Å². The minimum absolute atomic E-state index is 0.290. The molecule has 40 heavy (non-hydrogen) atoms. The summed E-state index contributed by atoms with van der Waals surface area (Å²) in [6, 6.07) is 37.2. The Hall–Kier alpha value is -4.31. The van der Waals surface area contributed by atoms with Crippen molar-refractivity contribution in [2.45, 2.75) is 26.6 Å². The Morgan fingerprint density at radius 1 is 0.650 bits per heavy atom. The maximum Gasteiger partial charge on any atom is -0.0683 e. The molecule has 5 heteroatoms. The average Bonchev–Trinajstić information content (AvgIpc) is 3.34. The molecular formula is C35H32N4Se. The van der Waals surface area contributed by atoms with E-state index in [0.29, 0.717) is 17.5 Å². The van der Waals surface area contributed by atoms with Crippen LogP contribution in [0.4, 0.5) is 0 Å². The molecule has 0 amide bonds. The van der Waals surface area contributed by atoms with Crippen molar-refractivity contribution in [1.82, 2.24) is 19.5 Å². The quantitative estimate of drug-likeness (QED) is 0.183. The van der Waals surface area contributed by atoms with Crippen molar-refractivity contribution in [3.8, 4) is 39.9 Å². The van der Waals surface area contributed by atoms with Gasteiger partial charge in [0.15, 0.2) is 0 Å². The first-order chi connectivity index (χ1) is 19.6. The largest absolute Gasteiger partial charge is 0.0683 e. The number of benzene rings is 4. The number of nitrogens with zero attached hydrogens (tertiary/aromatic N) is 4. The van der Waals surface area contributed by atoms with Crippen LogP contribution < -0.4 is 0 Å². The normalized spacial score (nSPS) is 10.7. The summed E-state index contributed by atoms with van der Waals surface area (Å²) in [6.07, 6.45) is 0. The number of aromatic nitrogens is 4. The molecule has 0 N–H and O–H groups in total. The zero-order valence-corrected chi connectivity index (χ0v) is 25.0. The van der Waals surface area contributed by atoms with E-state index in [4.69, 9.17) is 15.0 Å². The number of aryl methyl sites for hydroxylation is 1. The van der Waals surface area contributed by atoms with Crippen LogP contribution in [-0.4, -0.2) is 34.5 Å². The summed E-state index contributed by atoms with van der Waals surface area (Å²) >= 11 is 0.290. The maximum atomic E-state index is 4.93. The van der Waals surface area contributed by atoms with E-state index in [1.807, 2.05) is 74.5 Å². The molecule has 0 atom stereocenters. The van der Waals surface area contributed by atoms with Crippen molar-refractivity contribution in [3.05, 3.63) is 127 Å². The van der Waals surface area contributed by atoms with E-state index in [9.17, 15) is 0 Å².